The number of thiazole rings is 1. The first-order chi connectivity index (χ1) is 7.16. The fourth-order valence-corrected chi connectivity index (χ4v) is 2.36. The van der Waals surface area contributed by atoms with Crippen molar-refractivity contribution >= 4 is 17.2 Å². The van der Waals surface area contributed by atoms with E-state index in [9.17, 15) is 4.79 Å². The number of hydrogen-bond acceptors (Lipinski definition) is 4. The molecule has 1 fully saturated rings. The van der Waals surface area contributed by atoms with Crippen LogP contribution in [0.15, 0.2) is 5.38 Å². The third-order valence-electron chi connectivity index (χ3n) is 2.59. The summed E-state index contributed by atoms with van der Waals surface area (Å²) in [5.74, 6) is 0.0844. The lowest BCUT2D eigenvalue weighted by atomic mass is 10.3. The van der Waals surface area contributed by atoms with Crippen LogP contribution in [0.3, 0.4) is 0 Å². The molecule has 0 radical (unpaired) electrons. The van der Waals surface area contributed by atoms with Crippen LogP contribution in [0.2, 0.25) is 0 Å². The molecular weight excluding hydrogens is 210 g/mol. The molecule has 15 heavy (non-hydrogen) atoms. The molecule has 1 aromatic heterocycles. The number of amides is 1. The molecule has 1 saturated heterocycles. The van der Waals surface area contributed by atoms with Gasteiger partial charge >= 0.3 is 0 Å². The maximum Gasteiger partial charge on any atom is 0.282 e. The highest BCUT2D eigenvalue weighted by molar-refractivity contribution is 7.11. The van der Waals surface area contributed by atoms with Crippen LogP contribution < -0.4 is 0 Å². The Kier molecular flexibility index (Phi) is 3.02. The van der Waals surface area contributed by atoms with Gasteiger partial charge in [0.1, 0.15) is 0 Å². The molecule has 0 aliphatic carbocycles. The number of rotatable bonds is 1. The van der Waals surface area contributed by atoms with Gasteiger partial charge < -0.3 is 9.80 Å². The lowest BCUT2D eigenvalue weighted by molar-refractivity contribution is 0.0663. The van der Waals surface area contributed by atoms with Crippen molar-refractivity contribution < 1.29 is 4.79 Å². The van der Waals surface area contributed by atoms with Crippen LogP contribution in [0.4, 0.5) is 0 Å². The summed E-state index contributed by atoms with van der Waals surface area (Å²) in [7, 11) is 2.08. The smallest absolute Gasteiger partial charge is 0.282 e. The van der Waals surface area contributed by atoms with E-state index in [4.69, 9.17) is 0 Å². The second-order valence-corrected chi connectivity index (χ2v) is 4.75. The van der Waals surface area contributed by atoms with E-state index >= 15 is 0 Å². The number of piperazine rings is 1. The Hall–Kier alpha value is -0.940. The molecule has 0 aromatic carbocycles. The molecule has 1 aliphatic rings. The number of aromatic nitrogens is 1. The average Bonchev–Trinajstić information content (AvgIpc) is 2.65. The Bertz CT molecular complexity index is 355. The fraction of sp³-hybridized carbons (Fsp3) is 0.600. The van der Waals surface area contributed by atoms with Gasteiger partial charge in [-0.25, -0.2) is 4.98 Å². The van der Waals surface area contributed by atoms with Crippen LogP contribution in [0.25, 0.3) is 0 Å². The summed E-state index contributed by atoms with van der Waals surface area (Å²) in [6.45, 7) is 5.45. The predicted octanol–water partition coefficient (Wildman–Crippen LogP) is 0.839. The number of carbonyl (C=O) groups excluding carboxylic acids is 1. The van der Waals surface area contributed by atoms with Gasteiger partial charge in [0.2, 0.25) is 0 Å². The van der Waals surface area contributed by atoms with Crippen LogP contribution in [0, 0.1) is 6.92 Å². The second-order valence-electron chi connectivity index (χ2n) is 3.89. The van der Waals surface area contributed by atoms with E-state index in [1.165, 1.54) is 11.3 Å². The molecule has 5 heteroatoms. The highest BCUT2D eigenvalue weighted by Gasteiger charge is 2.22. The molecule has 4 nitrogen and oxygen atoms in total. The van der Waals surface area contributed by atoms with Gasteiger partial charge in [-0.1, -0.05) is 0 Å². The molecule has 82 valence electrons. The van der Waals surface area contributed by atoms with Crippen molar-refractivity contribution in [3.8, 4) is 0 Å². The van der Waals surface area contributed by atoms with Crippen molar-refractivity contribution in [1.29, 1.82) is 0 Å². The average molecular weight is 225 g/mol. The Labute approximate surface area is 93.5 Å². The molecule has 0 saturated carbocycles. The summed E-state index contributed by atoms with van der Waals surface area (Å²) >= 11 is 1.44. The van der Waals surface area contributed by atoms with E-state index in [1.54, 1.807) is 0 Å². The zero-order valence-electron chi connectivity index (χ0n) is 9.06. The van der Waals surface area contributed by atoms with Gasteiger partial charge in [0.05, 0.1) is 0 Å². The minimum atomic E-state index is 0.0844. The van der Waals surface area contributed by atoms with Crippen molar-refractivity contribution in [3.05, 3.63) is 16.1 Å². The Balaban J connectivity index is 2.02. The summed E-state index contributed by atoms with van der Waals surface area (Å²) in [6, 6.07) is 0. The quantitative estimate of drug-likeness (QED) is 0.710. The minimum absolute atomic E-state index is 0.0844. The van der Waals surface area contributed by atoms with Crippen molar-refractivity contribution in [2.24, 2.45) is 0 Å². The van der Waals surface area contributed by atoms with E-state index in [1.807, 2.05) is 17.2 Å². The zero-order chi connectivity index (χ0) is 10.8. The maximum atomic E-state index is 12.0. The van der Waals surface area contributed by atoms with Crippen molar-refractivity contribution in [3.63, 3.8) is 0 Å². The normalized spacial score (nSPS) is 18.1. The van der Waals surface area contributed by atoms with Crippen molar-refractivity contribution in [2.45, 2.75) is 6.92 Å². The second kappa shape index (κ2) is 4.28. The van der Waals surface area contributed by atoms with E-state index in [-0.39, 0.29) is 5.91 Å². The van der Waals surface area contributed by atoms with Gasteiger partial charge in [0, 0.05) is 37.3 Å². The van der Waals surface area contributed by atoms with Crippen LogP contribution >= 0.6 is 11.3 Å². The Morgan fingerprint density at radius 3 is 2.60 bits per heavy atom. The summed E-state index contributed by atoms with van der Waals surface area (Å²) in [5, 5.41) is 2.54. The van der Waals surface area contributed by atoms with E-state index < -0.39 is 0 Å². The molecule has 0 N–H and O–H groups in total. The van der Waals surface area contributed by atoms with E-state index in [2.05, 4.69) is 16.9 Å². The summed E-state index contributed by atoms with van der Waals surface area (Å²) in [6.07, 6.45) is 0. The number of nitrogens with zero attached hydrogens (tertiary/aromatic N) is 3. The first-order valence-electron chi connectivity index (χ1n) is 5.07. The zero-order valence-corrected chi connectivity index (χ0v) is 9.88. The third kappa shape index (κ3) is 2.35. The van der Waals surface area contributed by atoms with Gasteiger partial charge in [0.25, 0.3) is 5.91 Å². The van der Waals surface area contributed by atoms with Gasteiger partial charge in [-0.2, -0.15) is 0 Å². The largest absolute Gasteiger partial charge is 0.334 e. The van der Waals surface area contributed by atoms with Gasteiger partial charge in [0.15, 0.2) is 5.01 Å². The topological polar surface area (TPSA) is 36.4 Å². The number of aryl methyl sites for hydroxylation is 1. The van der Waals surface area contributed by atoms with Gasteiger partial charge in [-0.05, 0) is 14.0 Å². The number of carbonyl (C=O) groups is 1. The first kappa shape index (κ1) is 10.6. The standard InChI is InChI=1S/C10H15N3OS/c1-8-7-15-9(11-8)10(14)13-5-3-12(2)4-6-13/h7H,3-6H2,1-2H3. The lowest BCUT2D eigenvalue weighted by Gasteiger charge is -2.31. The van der Waals surface area contributed by atoms with Gasteiger partial charge in [-0.3, -0.25) is 4.79 Å². The molecule has 1 aliphatic heterocycles. The lowest BCUT2D eigenvalue weighted by Crippen LogP contribution is -2.47. The van der Waals surface area contributed by atoms with Crippen LogP contribution in [-0.2, 0) is 0 Å². The Morgan fingerprint density at radius 2 is 2.07 bits per heavy atom. The summed E-state index contributed by atoms with van der Waals surface area (Å²) in [5.41, 5.74) is 0.928. The van der Waals surface area contributed by atoms with Gasteiger partial charge in [-0.15, -0.1) is 11.3 Å². The summed E-state index contributed by atoms with van der Waals surface area (Å²) < 4.78 is 0. The fourth-order valence-electron chi connectivity index (χ4n) is 1.60. The monoisotopic (exact) mass is 225 g/mol. The minimum Gasteiger partial charge on any atom is -0.334 e. The molecular formula is C10H15N3OS. The van der Waals surface area contributed by atoms with Crippen LogP contribution in [0.5, 0.6) is 0 Å². The first-order valence-corrected chi connectivity index (χ1v) is 5.95. The number of hydrogen-bond donors (Lipinski definition) is 0. The van der Waals surface area contributed by atoms with Crippen LogP contribution in [0.1, 0.15) is 15.5 Å². The molecule has 0 bridgehead atoms. The molecule has 2 heterocycles. The summed E-state index contributed by atoms with van der Waals surface area (Å²) in [4.78, 5) is 20.3. The molecule has 2 rings (SSSR count). The van der Waals surface area contributed by atoms with Crippen molar-refractivity contribution in [2.75, 3.05) is 33.2 Å². The molecule has 0 unspecified atom stereocenters. The Morgan fingerprint density at radius 1 is 1.40 bits per heavy atom. The number of likely N-dealkylation sites (N-methyl/N-ethyl adjacent to an activating group) is 1. The van der Waals surface area contributed by atoms with Crippen molar-refractivity contribution in [1.82, 2.24) is 14.8 Å². The van der Waals surface area contributed by atoms with Crippen LogP contribution in [-0.4, -0.2) is 53.9 Å². The highest BCUT2D eigenvalue weighted by Crippen LogP contribution is 2.12. The predicted molar refractivity (Wildman–Crippen MR) is 60.3 cm³/mol. The molecule has 1 aromatic rings. The maximum absolute atomic E-state index is 12.0. The molecule has 0 spiro atoms. The van der Waals surface area contributed by atoms with E-state index in [0.29, 0.717) is 5.01 Å². The van der Waals surface area contributed by atoms with E-state index in [0.717, 1.165) is 31.9 Å². The third-order valence-corrected chi connectivity index (χ3v) is 3.54. The molecule has 0 atom stereocenters. The molecule has 1 amide bonds. The SMILES string of the molecule is Cc1csc(C(=O)N2CCN(C)CC2)n1. The highest BCUT2D eigenvalue weighted by atomic mass is 32.1.